The first-order valence-electron chi connectivity index (χ1n) is 9.74. The molecule has 0 aliphatic heterocycles. The Morgan fingerprint density at radius 1 is 1.16 bits per heavy atom. The summed E-state index contributed by atoms with van der Waals surface area (Å²) in [6.45, 7) is 2.32. The number of nitrogens with zero attached hydrogens (tertiary/aromatic N) is 4. The van der Waals surface area contributed by atoms with Gasteiger partial charge in [0, 0.05) is 30.7 Å². The number of amides is 1. The molecule has 0 atom stereocenters. The minimum Gasteiger partial charge on any atom is -0.308 e. The van der Waals surface area contributed by atoms with E-state index in [9.17, 15) is 13.2 Å². The number of thioether (sulfide) groups is 1. The molecule has 31 heavy (non-hydrogen) atoms. The van der Waals surface area contributed by atoms with Gasteiger partial charge in [0.1, 0.15) is 5.69 Å². The molecule has 0 radical (unpaired) electrons. The molecule has 0 fully saturated rings. The molecule has 2 heterocycles. The van der Waals surface area contributed by atoms with Crippen LogP contribution in [0.4, 0.5) is 5.69 Å². The minimum absolute atomic E-state index is 0.0388. The lowest BCUT2D eigenvalue weighted by atomic mass is 10.3. The lowest BCUT2D eigenvalue weighted by molar-refractivity contribution is -0.118. The normalized spacial score (nSPS) is 11.4. The molecular formula is C21H23ClN4O3S2. The van der Waals surface area contributed by atoms with Crippen molar-refractivity contribution in [3.05, 3.63) is 66.2 Å². The van der Waals surface area contributed by atoms with Crippen molar-refractivity contribution in [1.82, 2.24) is 14.8 Å². The summed E-state index contributed by atoms with van der Waals surface area (Å²) in [4.78, 5) is 18.7. The highest BCUT2D eigenvalue weighted by molar-refractivity contribution is 8.00. The van der Waals surface area contributed by atoms with Gasteiger partial charge in [-0.3, -0.25) is 9.78 Å². The average molecular weight is 479 g/mol. The summed E-state index contributed by atoms with van der Waals surface area (Å²) in [5.74, 6) is 0.898. The molecule has 0 bridgehead atoms. The zero-order chi connectivity index (χ0) is 22.3. The maximum Gasteiger partial charge on any atom is 0.227 e. The van der Waals surface area contributed by atoms with E-state index in [4.69, 9.17) is 11.6 Å². The smallest absolute Gasteiger partial charge is 0.227 e. The van der Waals surface area contributed by atoms with Crippen molar-refractivity contribution in [3.8, 4) is 5.69 Å². The van der Waals surface area contributed by atoms with Crippen LogP contribution in [0.1, 0.15) is 13.3 Å². The van der Waals surface area contributed by atoms with E-state index in [-0.39, 0.29) is 23.2 Å². The maximum absolute atomic E-state index is 12.7. The fourth-order valence-corrected chi connectivity index (χ4v) is 5.85. The van der Waals surface area contributed by atoms with E-state index in [1.54, 1.807) is 64.6 Å². The largest absolute Gasteiger partial charge is 0.308 e. The Kier molecular flexibility index (Phi) is 8.11. The molecule has 0 aliphatic carbocycles. The van der Waals surface area contributed by atoms with E-state index in [2.05, 4.69) is 10.1 Å². The second kappa shape index (κ2) is 10.8. The molecule has 0 N–H and O–H groups in total. The first-order valence-corrected chi connectivity index (χ1v) is 12.9. The molecule has 0 spiro atoms. The lowest BCUT2D eigenvalue weighted by Gasteiger charge is -2.19. The zero-order valence-corrected chi connectivity index (χ0v) is 19.4. The number of rotatable bonds is 10. The number of benzene rings is 1. The van der Waals surface area contributed by atoms with Crippen LogP contribution >= 0.6 is 23.4 Å². The molecule has 3 rings (SSSR count). The van der Waals surface area contributed by atoms with E-state index < -0.39 is 9.84 Å². The molecule has 0 aliphatic rings. The SMILES string of the molecule is CCN(C(=O)CCSCCS(=O)(=O)c1ccccc1)c1cn(-c2cccnc2)nc1Cl. The van der Waals surface area contributed by atoms with Gasteiger partial charge >= 0.3 is 0 Å². The zero-order valence-electron chi connectivity index (χ0n) is 17.0. The highest BCUT2D eigenvalue weighted by Gasteiger charge is 2.20. The average Bonchev–Trinajstić information content (AvgIpc) is 3.16. The van der Waals surface area contributed by atoms with Crippen molar-refractivity contribution in [2.24, 2.45) is 0 Å². The number of hydrogen-bond acceptors (Lipinski definition) is 6. The molecule has 2 aromatic heterocycles. The van der Waals surface area contributed by atoms with E-state index in [1.165, 1.54) is 11.8 Å². The van der Waals surface area contributed by atoms with E-state index >= 15 is 0 Å². The Bertz CT molecular complexity index is 1110. The second-order valence-electron chi connectivity index (χ2n) is 6.59. The maximum atomic E-state index is 12.7. The fraction of sp³-hybridized carbons (Fsp3) is 0.286. The molecule has 0 saturated heterocycles. The van der Waals surface area contributed by atoms with Crippen molar-refractivity contribution in [2.75, 3.05) is 28.7 Å². The minimum atomic E-state index is -3.30. The van der Waals surface area contributed by atoms with Crippen molar-refractivity contribution in [2.45, 2.75) is 18.2 Å². The number of anilines is 1. The molecule has 1 amide bonds. The quantitative estimate of drug-likeness (QED) is 0.411. The topological polar surface area (TPSA) is 85.2 Å². The molecule has 0 unspecified atom stereocenters. The number of hydrogen-bond donors (Lipinski definition) is 0. The van der Waals surface area contributed by atoms with Crippen LogP contribution in [0.25, 0.3) is 5.69 Å². The summed E-state index contributed by atoms with van der Waals surface area (Å²) in [5, 5.41) is 4.51. The van der Waals surface area contributed by atoms with Gasteiger partial charge in [0.15, 0.2) is 15.0 Å². The summed E-state index contributed by atoms with van der Waals surface area (Å²) < 4.78 is 26.2. The van der Waals surface area contributed by atoms with Gasteiger partial charge in [-0.2, -0.15) is 16.9 Å². The first kappa shape index (κ1) is 23.3. The summed E-state index contributed by atoms with van der Waals surface area (Å²) in [5.41, 5.74) is 1.28. The van der Waals surface area contributed by atoms with Gasteiger partial charge in [-0.15, -0.1) is 0 Å². The van der Waals surface area contributed by atoms with Crippen LogP contribution in [-0.4, -0.2) is 52.9 Å². The number of halogens is 1. The Morgan fingerprint density at radius 2 is 1.94 bits per heavy atom. The van der Waals surface area contributed by atoms with Gasteiger partial charge in [0.25, 0.3) is 0 Å². The third kappa shape index (κ3) is 6.09. The van der Waals surface area contributed by atoms with Gasteiger partial charge < -0.3 is 4.90 Å². The van der Waals surface area contributed by atoms with Gasteiger partial charge in [-0.25, -0.2) is 13.1 Å². The standard InChI is InChI=1S/C21H23ClN4O3S2/c1-2-25(19-16-26(24-21(19)22)17-7-6-11-23-15-17)20(27)10-12-30-13-14-31(28,29)18-8-4-3-5-9-18/h3-9,11,15-16H,2,10,12-14H2,1H3. The van der Waals surface area contributed by atoms with Gasteiger partial charge in [0.05, 0.1) is 28.7 Å². The van der Waals surface area contributed by atoms with Crippen LogP contribution < -0.4 is 4.90 Å². The van der Waals surface area contributed by atoms with Crippen LogP contribution in [0.2, 0.25) is 5.15 Å². The Hall–Kier alpha value is -2.36. The second-order valence-corrected chi connectivity index (χ2v) is 10.3. The molecule has 10 heteroatoms. The fourth-order valence-electron chi connectivity index (χ4n) is 2.94. The molecule has 0 saturated carbocycles. The highest BCUT2D eigenvalue weighted by atomic mass is 35.5. The predicted octanol–water partition coefficient (Wildman–Crippen LogP) is 3.87. The highest BCUT2D eigenvalue weighted by Crippen LogP contribution is 2.26. The van der Waals surface area contributed by atoms with Gasteiger partial charge in [-0.1, -0.05) is 29.8 Å². The lowest BCUT2D eigenvalue weighted by Crippen LogP contribution is -2.30. The summed E-state index contributed by atoms with van der Waals surface area (Å²) in [6.07, 6.45) is 5.31. The van der Waals surface area contributed by atoms with Crippen molar-refractivity contribution in [3.63, 3.8) is 0 Å². The third-order valence-electron chi connectivity index (χ3n) is 4.53. The molecule has 3 aromatic rings. The first-order chi connectivity index (χ1) is 14.9. The Morgan fingerprint density at radius 3 is 2.61 bits per heavy atom. The van der Waals surface area contributed by atoms with Crippen molar-refractivity contribution in [1.29, 1.82) is 0 Å². The number of aromatic nitrogens is 3. The molecule has 164 valence electrons. The van der Waals surface area contributed by atoms with Crippen LogP contribution in [0.5, 0.6) is 0 Å². The van der Waals surface area contributed by atoms with E-state index in [1.807, 2.05) is 13.0 Å². The third-order valence-corrected chi connectivity index (χ3v) is 7.77. The monoisotopic (exact) mass is 478 g/mol. The summed E-state index contributed by atoms with van der Waals surface area (Å²) in [6, 6.07) is 12.0. The molecule has 7 nitrogen and oxygen atoms in total. The van der Waals surface area contributed by atoms with Gasteiger partial charge in [-0.05, 0) is 31.2 Å². The van der Waals surface area contributed by atoms with Gasteiger partial charge in [0.2, 0.25) is 5.91 Å². The number of pyridine rings is 1. The van der Waals surface area contributed by atoms with Crippen molar-refractivity contribution < 1.29 is 13.2 Å². The number of sulfone groups is 1. The van der Waals surface area contributed by atoms with Crippen molar-refractivity contribution >= 4 is 44.8 Å². The summed E-state index contributed by atoms with van der Waals surface area (Å²) in [7, 11) is -3.30. The number of carbonyl (C=O) groups is 1. The predicted molar refractivity (Wildman–Crippen MR) is 125 cm³/mol. The molecule has 1 aromatic carbocycles. The van der Waals surface area contributed by atoms with Crippen LogP contribution in [0.15, 0.2) is 66.0 Å². The Labute approximate surface area is 191 Å². The van der Waals surface area contributed by atoms with Crippen LogP contribution in [0, 0.1) is 0 Å². The van der Waals surface area contributed by atoms with E-state index in [0.717, 1.165) is 5.69 Å². The Balaban J connectivity index is 1.53. The van der Waals surface area contributed by atoms with E-state index in [0.29, 0.717) is 28.6 Å². The summed E-state index contributed by atoms with van der Waals surface area (Å²) >= 11 is 7.73. The van der Waals surface area contributed by atoms with Crippen LogP contribution in [-0.2, 0) is 14.6 Å². The van der Waals surface area contributed by atoms with Crippen LogP contribution in [0.3, 0.4) is 0 Å². The number of carbonyl (C=O) groups excluding carboxylic acids is 1. The molecular weight excluding hydrogens is 456 g/mol.